The van der Waals surface area contributed by atoms with Crippen molar-refractivity contribution >= 4 is 6.09 Å². The van der Waals surface area contributed by atoms with Crippen LogP contribution in [0, 0.1) is 5.41 Å². The van der Waals surface area contributed by atoms with Gasteiger partial charge >= 0.3 is 6.09 Å². The average Bonchev–Trinajstić information content (AvgIpc) is 2.23. The Kier molecular flexibility index (Phi) is 3.82. The third-order valence-corrected chi connectivity index (χ3v) is 4.64. The Morgan fingerprint density at radius 2 is 1.86 bits per heavy atom. The van der Waals surface area contributed by atoms with Crippen LogP contribution in [0.5, 0.6) is 0 Å². The highest BCUT2D eigenvalue weighted by Gasteiger charge is 2.60. The second-order valence-corrected chi connectivity index (χ2v) is 8.71. The predicted octanol–water partition coefficient (Wildman–Crippen LogP) is 2.27. The number of aliphatic hydroxyl groups is 1. The maximum Gasteiger partial charge on any atom is 0.410 e. The lowest BCUT2D eigenvalue weighted by Gasteiger charge is -2.60. The van der Waals surface area contributed by atoms with Crippen molar-refractivity contribution in [3.63, 3.8) is 0 Å². The second kappa shape index (κ2) is 4.85. The van der Waals surface area contributed by atoms with Gasteiger partial charge in [-0.05, 0) is 51.9 Å². The van der Waals surface area contributed by atoms with Crippen molar-refractivity contribution in [1.82, 2.24) is 4.90 Å². The molecule has 0 aromatic heterocycles. The highest BCUT2D eigenvalue weighted by molar-refractivity contribution is 5.68. The number of piperidine rings is 1. The van der Waals surface area contributed by atoms with Crippen LogP contribution in [0.15, 0.2) is 0 Å². The number of carbonyl (C=O) groups is 1. The van der Waals surface area contributed by atoms with Crippen LogP contribution in [0.3, 0.4) is 0 Å². The van der Waals surface area contributed by atoms with E-state index in [-0.39, 0.29) is 11.5 Å². The summed E-state index contributed by atoms with van der Waals surface area (Å²) in [5.74, 6) is 0. The Morgan fingerprint density at radius 3 is 2.33 bits per heavy atom. The van der Waals surface area contributed by atoms with Gasteiger partial charge in [0.05, 0.1) is 11.1 Å². The third kappa shape index (κ3) is 3.34. The molecule has 5 nitrogen and oxygen atoms in total. The highest BCUT2D eigenvalue weighted by atomic mass is 16.6. The number of nitrogens with zero attached hydrogens (tertiary/aromatic N) is 1. The van der Waals surface area contributed by atoms with Crippen LogP contribution in [-0.4, -0.2) is 45.9 Å². The van der Waals surface area contributed by atoms with E-state index in [0.717, 1.165) is 12.8 Å². The molecule has 0 aromatic carbocycles. The number of ether oxygens (including phenoxy) is 1. The van der Waals surface area contributed by atoms with E-state index >= 15 is 0 Å². The molecule has 1 heterocycles. The van der Waals surface area contributed by atoms with Crippen LogP contribution < -0.4 is 5.73 Å². The summed E-state index contributed by atoms with van der Waals surface area (Å²) < 4.78 is 5.43. The molecule has 0 bridgehead atoms. The molecule has 0 radical (unpaired) electrons. The van der Waals surface area contributed by atoms with E-state index in [9.17, 15) is 9.90 Å². The van der Waals surface area contributed by atoms with E-state index < -0.39 is 16.7 Å². The van der Waals surface area contributed by atoms with E-state index in [0.29, 0.717) is 25.9 Å². The fraction of sp³-hybridized carbons (Fsp3) is 0.938. The quantitative estimate of drug-likeness (QED) is 0.778. The molecule has 1 amide bonds. The van der Waals surface area contributed by atoms with Gasteiger partial charge in [0.2, 0.25) is 0 Å². The van der Waals surface area contributed by atoms with E-state index in [1.165, 1.54) is 0 Å². The van der Waals surface area contributed by atoms with Crippen molar-refractivity contribution in [3.8, 4) is 0 Å². The monoisotopic (exact) mass is 298 g/mol. The summed E-state index contributed by atoms with van der Waals surface area (Å²) in [4.78, 5) is 13.9. The van der Waals surface area contributed by atoms with Gasteiger partial charge in [0.15, 0.2) is 0 Å². The minimum Gasteiger partial charge on any atom is -0.444 e. The minimum absolute atomic E-state index is 0.134. The molecule has 0 aromatic rings. The number of amides is 1. The zero-order chi connectivity index (χ0) is 16.1. The van der Waals surface area contributed by atoms with Crippen molar-refractivity contribution in [2.75, 3.05) is 13.1 Å². The standard InChI is InChI=1S/C16H30N2O3/c1-13(2,3)21-12(19)18-8-6-7-15(17,11-18)16(20)9-14(4,5)10-16/h20H,6-11,17H2,1-5H3. The maximum atomic E-state index is 12.2. The summed E-state index contributed by atoms with van der Waals surface area (Å²) in [6, 6.07) is 0. The fourth-order valence-electron chi connectivity index (χ4n) is 3.83. The average molecular weight is 298 g/mol. The van der Waals surface area contributed by atoms with E-state index in [1.54, 1.807) is 4.90 Å². The zero-order valence-corrected chi connectivity index (χ0v) is 14.0. The molecule has 1 aliphatic carbocycles. The Morgan fingerprint density at radius 1 is 1.29 bits per heavy atom. The Hall–Kier alpha value is -0.810. The number of nitrogens with two attached hydrogens (primary N) is 1. The summed E-state index contributed by atoms with van der Waals surface area (Å²) in [6.45, 7) is 10.9. The first-order valence-electron chi connectivity index (χ1n) is 7.85. The topological polar surface area (TPSA) is 75.8 Å². The van der Waals surface area contributed by atoms with Crippen LogP contribution in [0.2, 0.25) is 0 Å². The minimum atomic E-state index is -0.864. The Labute approximate surface area is 127 Å². The molecule has 1 saturated carbocycles. The summed E-state index contributed by atoms with van der Waals surface area (Å²) in [7, 11) is 0. The van der Waals surface area contributed by atoms with Gasteiger partial charge in [0.1, 0.15) is 5.60 Å². The molecule has 2 fully saturated rings. The first-order chi connectivity index (χ1) is 9.36. The van der Waals surface area contributed by atoms with Gasteiger partial charge < -0.3 is 20.5 Å². The SMILES string of the molecule is CC1(C)CC(O)(C2(N)CCCN(C(=O)OC(C)(C)C)C2)C1. The largest absolute Gasteiger partial charge is 0.444 e. The summed E-state index contributed by atoms with van der Waals surface area (Å²) in [6.07, 6.45) is 2.61. The van der Waals surface area contributed by atoms with Gasteiger partial charge in [-0.25, -0.2) is 4.79 Å². The molecule has 122 valence electrons. The third-order valence-electron chi connectivity index (χ3n) is 4.64. The van der Waals surface area contributed by atoms with Crippen molar-refractivity contribution in [2.45, 2.75) is 77.0 Å². The molecule has 2 rings (SSSR count). The second-order valence-electron chi connectivity index (χ2n) is 8.71. The van der Waals surface area contributed by atoms with Gasteiger partial charge in [-0.1, -0.05) is 13.8 Å². The molecule has 1 aliphatic heterocycles. The van der Waals surface area contributed by atoms with Gasteiger partial charge in [0, 0.05) is 13.1 Å². The molecule has 0 spiro atoms. The molecule has 2 aliphatic rings. The van der Waals surface area contributed by atoms with Crippen molar-refractivity contribution in [3.05, 3.63) is 0 Å². The molecular weight excluding hydrogens is 268 g/mol. The van der Waals surface area contributed by atoms with Crippen molar-refractivity contribution in [1.29, 1.82) is 0 Å². The molecule has 1 saturated heterocycles. The number of carbonyl (C=O) groups excluding carboxylic acids is 1. The van der Waals surface area contributed by atoms with Gasteiger partial charge in [-0.3, -0.25) is 0 Å². The van der Waals surface area contributed by atoms with Crippen LogP contribution in [-0.2, 0) is 4.74 Å². The summed E-state index contributed by atoms with van der Waals surface area (Å²) in [5, 5.41) is 10.9. The number of hydrogen-bond donors (Lipinski definition) is 2. The van der Waals surface area contributed by atoms with Gasteiger partial charge in [-0.2, -0.15) is 0 Å². The molecule has 21 heavy (non-hydrogen) atoms. The van der Waals surface area contributed by atoms with Gasteiger partial charge in [0.25, 0.3) is 0 Å². The predicted molar refractivity (Wildman–Crippen MR) is 81.9 cm³/mol. The van der Waals surface area contributed by atoms with Crippen LogP contribution >= 0.6 is 0 Å². The van der Waals surface area contributed by atoms with Crippen LogP contribution in [0.25, 0.3) is 0 Å². The fourth-order valence-corrected chi connectivity index (χ4v) is 3.83. The van der Waals surface area contributed by atoms with Crippen LogP contribution in [0.1, 0.15) is 60.3 Å². The first kappa shape index (κ1) is 16.6. The maximum absolute atomic E-state index is 12.2. The van der Waals surface area contributed by atoms with E-state index in [4.69, 9.17) is 10.5 Å². The van der Waals surface area contributed by atoms with Crippen LogP contribution in [0.4, 0.5) is 4.79 Å². The lowest BCUT2D eigenvalue weighted by Crippen LogP contribution is -2.73. The Balaban J connectivity index is 2.05. The highest BCUT2D eigenvalue weighted by Crippen LogP contribution is 2.53. The first-order valence-corrected chi connectivity index (χ1v) is 7.85. The zero-order valence-electron chi connectivity index (χ0n) is 14.0. The number of likely N-dealkylation sites (tertiary alicyclic amines) is 1. The molecule has 5 heteroatoms. The number of rotatable bonds is 1. The Bertz CT molecular complexity index is 420. The van der Waals surface area contributed by atoms with E-state index in [1.807, 2.05) is 20.8 Å². The molecule has 3 N–H and O–H groups in total. The van der Waals surface area contributed by atoms with Crippen molar-refractivity contribution < 1.29 is 14.6 Å². The normalized spacial score (nSPS) is 31.5. The summed E-state index contributed by atoms with van der Waals surface area (Å²) >= 11 is 0. The smallest absolute Gasteiger partial charge is 0.410 e. The lowest BCUT2D eigenvalue weighted by molar-refractivity contribution is -0.172. The number of hydrogen-bond acceptors (Lipinski definition) is 4. The molecule has 1 atom stereocenters. The molecular formula is C16H30N2O3. The van der Waals surface area contributed by atoms with Crippen molar-refractivity contribution in [2.24, 2.45) is 11.1 Å². The summed E-state index contributed by atoms with van der Waals surface area (Å²) in [5.41, 5.74) is 4.55. The van der Waals surface area contributed by atoms with Gasteiger partial charge in [-0.15, -0.1) is 0 Å². The molecule has 1 unspecified atom stereocenters. The lowest BCUT2D eigenvalue weighted by atomic mass is 9.53. The van der Waals surface area contributed by atoms with E-state index in [2.05, 4.69) is 13.8 Å².